The highest BCUT2D eigenvalue weighted by atomic mass is 16.5. The van der Waals surface area contributed by atoms with Crippen LogP contribution in [0.5, 0.6) is 5.75 Å². The molecule has 27 heavy (non-hydrogen) atoms. The predicted molar refractivity (Wildman–Crippen MR) is 112 cm³/mol. The molecule has 0 saturated heterocycles. The molecule has 0 saturated carbocycles. The summed E-state index contributed by atoms with van der Waals surface area (Å²) in [5.41, 5.74) is 1.96. The average Bonchev–Trinajstić information content (AvgIpc) is 2.72. The fourth-order valence-corrected chi connectivity index (χ4v) is 3.24. The van der Waals surface area contributed by atoms with Crippen molar-refractivity contribution >= 4 is 22.4 Å². The van der Waals surface area contributed by atoms with Crippen molar-refractivity contribution in [2.75, 3.05) is 5.32 Å². The Balaban J connectivity index is 1.81. The van der Waals surface area contributed by atoms with E-state index in [2.05, 4.69) is 25.2 Å². The van der Waals surface area contributed by atoms with Crippen molar-refractivity contribution < 1.29 is 9.53 Å². The lowest BCUT2D eigenvalue weighted by atomic mass is 9.98. The number of ether oxygens (including phenoxy) is 1. The molecule has 3 aromatic carbocycles. The minimum Gasteiger partial charge on any atom is -0.480 e. The van der Waals surface area contributed by atoms with E-state index >= 15 is 0 Å². The molecule has 0 aliphatic heterocycles. The monoisotopic (exact) mass is 361 g/mol. The van der Waals surface area contributed by atoms with Gasteiger partial charge in [0, 0.05) is 11.1 Å². The normalized spacial score (nSPS) is 13.1. The number of anilines is 1. The molecule has 0 spiro atoms. The molecule has 0 heterocycles. The standard InChI is InChI=1S/C24H27NO2/c1-4-17(3)19-13-8-9-16-23(19)27-22(5-2)24(26)25-21-15-10-12-18-11-6-7-14-20(18)21/h6-17,22H,4-5H2,1-3H3,(H,25,26). The molecule has 0 bridgehead atoms. The lowest BCUT2D eigenvalue weighted by Crippen LogP contribution is -2.32. The molecule has 0 radical (unpaired) electrons. The quantitative estimate of drug-likeness (QED) is 0.548. The van der Waals surface area contributed by atoms with Gasteiger partial charge >= 0.3 is 0 Å². The van der Waals surface area contributed by atoms with E-state index in [-0.39, 0.29) is 5.91 Å². The van der Waals surface area contributed by atoms with Crippen LogP contribution in [0.25, 0.3) is 10.8 Å². The van der Waals surface area contributed by atoms with Gasteiger partial charge < -0.3 is 10.1 Å². The summed E-state index contributed by atoms with van der Waals surface area (Å²) >= 11 is 0. The molecule has 3 aromatic rings. The van der Waals surface area contributed by atoms with Crippen molar-refractivity contribution in [3.63, 3.8) is 0 Å². The zero-order chi connectivity index (χ0) is 19.2. The fourth-order valence-electron chi connectivity index (χ4n) is 3.24. The molecule has 0 aliphatic carbocycles. The van der Waals surface area contributed by atoms with Crippen molar-refractivity contribution in [3.05, 3.63) is 72.3 Å². The molecule has 0 aliphatic rings. The Labute approximate surface area is 161 Å². The summed E-state index contributed by atoms with van der Waals surface area (Å²) in [5, 5.41) is 5.19. The summed E-state index contributed by atoms with van der Waals surface area (Å²) in [6.45, 7) is 6.31. The van der Waals surface area contributed by atoms with Gasteiger partial charge in [0.25, 0.3) is 5.91 Å². The molecule has 1 N–H and O–H groups in total. The molecular weight excluding hydrogens is 334 g/mol. The van der Waals surface area contributed by atoms with Crippen LogP contribution >= 0.6 is 0 Å². The van der Waals surface area contributed by atoms with Crippen LogP contribution in [0.2, 0.25) is 0 Å². The fraction of sp³-hybridized carbons (Fsp3) is 0.292. The van der Waals surface area contributed by atoms with Crippen LogP contribution in [0.1, 0.15) is 45.1 Å². The number of carbonyl (C=O) groups is 1. The Kier molecular flexibility index (Phi) is 6.12. The third kappa shape index (κ3) is 4.30. The van der Waals surface area contributed by atoms with Crippen LogP contribution in [-0.2, 0) is 4.79 Å². The minimum atomic E-state index is -0.533. The Bertz CT molecular complexity index is 914. The van der Waals surface area contributed by atoms with Crippen LogP contribution in [0.4, 0.5) is 5.69 Å². The zero-order valence-corrected chi connectivity index (χ0v) is 16.2. The first kappa shape index (κ1) is 19.0. The third-order valence-corrected chi connectivity index (χ3v) is 5.04. The van der Waals surface area contributed by atoms with E-state index < -0.39 is 6.10 Å². The second-order valence-electron chi connectivity index (χ2n) is 6.88. The van der Waals surface area contributed by atoms with Crippen molar-refractivity contribution in [2.24, 2.45) is 0 Å². The second kappa shape index (κ2) is 8.72. The van der Waals surface area contributed by atoms with Crippen molar-refractivity contribution in [1.82, 2.24) is 0 Å². The highest BCUT2D eigenvalue weighted by molar-refractivity contribution is 6.03. The summed E-state index contributed by atoms with van der Waals surface area (Å²) in [4.78, 5) is 12.9. The number of hydrogen-bond acceptors (Lipinski definition) is 2. The maximum atomic E-state index is 12.9. The Morgan fingerprint density at radius 1 is 0.926 bits per heavy atom. The summed E-state index contributed by atoms with van der Waals surface area (Å²) in [6, 6.07) is 22.0. The van der Waals surface area contributed by atoms with E-state index in [1.165, 1.54) is 0 Å². The van der Waals surface area contributed by atoms with Gasteiger partial charge in [0.05, 0.1) is 0 Å². The van der Waals surface area contributed by atoms with Crippen LogP contribution < -0.4 is 10.1 Å². The summed E-state index contributed by atoms with van der Waals surface area (Å²) in [6.07, 6.45) is 1.10. The topological polar surface area (TPSA) is 38.3 Å². The van der Waals surface area contributed by atoms with E-state index in [1.54, 1.807) is 0 Å². The van der Waals surface area contributed by atoms with Crippen molar-refractivity contribution in [3.8, 4) is 5.75 Å². The number of nitrogens with one attached hydrogen (secondary N) is 1. The SMILES string of the molecule is CCC(Oc1ccccc1C(C)CC)C(=O)Nc1cccc2ccccc12. The molecule has 3 rings (SSSR count). The van der Waals surface area contributed by atoms with E-state index in [1.807, 2.05) is 67.6 Å². The molecule has 2 unspecified atom stereocenters. The molecule has 140 valence electrons. The molecule has 0 aromatic heterocycles. The predicted octanol–water partition coefficient (Wildman–Crippen LogP) is 6.15. The molecule has 1 amide bonds. The lowest BCUT2D eigenvalue weighted by molar-refractivity contribution is -0.122. The highest BCUT2D eigenvalue weighted by Gasteiger charge is 2.21. The van der Waals surface area contributed by atoms with Gasteiger partial charge in [-0.2, -0.15) is 0 Å². The van der Waals surface area contributed by atoms with Crippen LogP contribution in [-0.4, -0.2) is 12.0 Å². The van der Waals surface area contributed by atoms with E-state index in [0.29, 0.717) is 12.3 Å². The van der Waals surface area contributed by atoms with Crippen LogP contribution in [0, 0.1) is 0 Å². The summed E-state index contributed by atoms with van der Waals surface area (Å²) in [5.74, 6) is 1.07. The second-order valence-corrected chi connectivity index (χ2v) is 6.88. The summed E-state index contributed by atoms with van der Waals surface area (Å²) in [7, 11) is 0. The number of benzene rings is 3. The number of fused-ring (bicyclic) bond motifs is 1. The zero-order valence-electron chi connectivity index (χ0n) is 16.2. The van der Waals surface area contributed by atoms with Gasteiger partial charge in [-0.3, -0.25) is 4.79 Å². The van der Waals surface area contributed by atoms with Gasteiger partial charge in [-0.1, -0.05) is 75.4 Å². The van der Waals surface area contributed by atoms with Crippen LogP contribution in [0.3, 0.4) is 0 Å². The van der Waals surface area contributed by atoms with Crippen molar-refractivity contribution in [2.45, 2.75) is 45.6 Å². The third-order valence-electron chi connectivity index (χ3n) is 5.04. The Morgan fingerprint density at radius 2 is 1.63 bits per heavy atom. The molecular formula is C24H27NO2. The van der Waals surface area contributed by atoms with Gasteiger partial charge in [-0.05, 0) is 41.8 Å². The molecule has 0 fully saturated rings. The minimum absolute atomic E-state index is 0.118. The molecule has 2 atom stereocenters. The number of amides is 1. The van der Waals surface area contributed by atoms with Gasteiger partial charge in [0.15, 0.2) is 6.10 Å². The van der Waals surface area contributed by atoms with Gasteiger partial charge in [0.2, 0.25) is 0 Å². The van der Waals surface area contributed by atoms with Crippen LogP contribution in [0.15, 0.2) is 66.7 Å². The first-order valence-corrected chi connectivity index (χ1v) is 9.68. The largest absolute Gasteiger partial charge is 0.480 e. The van der Waals surface area contributed by atoms with E-state index in [0.717, 1.165) is 34.2 Å². The number of hydrogen-bond donors (Lipinski definition) is 1. The molecule has 3 nitrogen and oxygen atoms in total. The van der Waals surface area contributed by atoms with Gasteiger partial charge in [-0.15, -0.1) is 0 Å². The Morgan fingerprint density at radius 3 is 2.41 bits per heavy atom. The van der Waals surface area contributed by atoms with Crippen molar-refractivity contribution in [1.29, 1.82) is 0 Å². The lowest BCUT2D eigenvalue weighted by Gasteiger charge is -2.21. The number of carbonyl (C=O) groups excluding carboxylic acids is 1. The van der Waals surface area contributed by atoms with E-state index in [9.17, 15) is 4.79 Å². The smallest absolute Gasteiger partial charge is 0.265 e. The average molecular weight is 361 g/mol. The maximum absolute atomic E-state index is 12.9. The van der Waals surface area contributed by atoms with Gasteiger partial charge in [0.1, 0.15) is 5.75 Å². The number of para-hydroxylation sites is 1. The highest BCUT2D eigenvalue weighted by Crippen LogP contribution is 2.30. The first-order valence-electron chi connectivity index (χ1n) is 9.68. The number of rotatable bonds is 7. The van der Waals surface area contributed by atoms with E-state index in [4.69, 9.17) is 4.74 Å². The Hall–Kier alpha value is -2.81. The summed E-state index contributed by atoms with van der Waals surface area (Å²) < 4.78 is 6.15. The molecule has 3 heteroatoms. The van der Waals surface area contributed by atoms with Gasteiger partial charge in [-0.25, -0.2) is 0 Å². The maximum Gasteiger partial charge on any atom is 0.265 e. The first-order chi connectivity index (χ1) is 13.1.